The van der Waals surface area contributed by atoms with Crippen molar-refractivity contribution in [3.05, 3.63) is 22.4 Å². The average molecular weight is 289 g/mol. The van der Waals surface area contributed by atoms with Crippen LogP contribution < -0.4 is 5.73 Å². The molecule has 0 saturated carbocycles. The van der Waals surface area contributed by atoms with Crippen LogP contribution in [0, 0.1) is 10.1 Å². The number of nitrogens with two attached hydrogens (primary N) is 1. The van der Waals surface area contributed by atoms with Gasteiger partial charge in [-0.05, 0) is 22.4 Å². The Labute approximate surface area is 110 Å². The van der Waals surface area contributed by atoms with Crippen molar-refractivity contribution in [3.8, 4) is 0 Å². The average Bonchev–Trinajstić information content (AvgIpc) is 2.34. The molecule has 0 atom stereocenters. The van der Waals surface area contributed by atoms with Gasteiger partial charge in [0.25, 0.3) is 0 Å². The van der Waals surface area contributed by atoms with Crippen molar-refractivity contribution < 1.29 is 17.5 Å². The molecule has 1 rings (SSSR count). The molecule has 106 valence electrons. The van der Waals surface area contributed by atoms with E-state index in [1.807, 2.05) is 6.92 Å². The number of hydrogen-bond acceptors (Lipinski definition) is 7. The van der Waals surface area contributed by atoms with Crippen LogP contribution in [0.3, 0.4) is 0 Å². The van der Waals surface area contributed by atoms with Gasteiger partial charge >= 0.3 is 15.9 Å². The van der Waals surface area contributed by atoms with Gasteiger partial charge in [-0.15, -0.1) is 0 Å². The number of hydrogen-bond donors (Lipinski definition) is 1. The van der Waals surface area contributed by atoms with Crippen molar-refractivity contribution in [1.82, 2.24) is 4.98 Å². The van der Waals surface area contributed by atoms with Gasteiger partial charge in [-0.1, -0.05) is 19.8 Å². The van der Waals surface area contributed by atoms with Crippen molar-refractivity contribution in [2.45, 2.75) is 31.1 Å². The van der Waals surface area contributed by atoms with E-state index in [1.54, 1.807) is 0 Å². The van der Waals surface area contributed by atoms with Gasteiger partial charge < -0.3 is 15.8 Å². The van der Waals surface area contributed by atoms with Gasteiger partial charge in [-0.25, -0.2) is 0 Å². The van der Waals surface area contributed by atoms with E-state index < -0.39 is 25.8 Å². The van der Waals surface area contributed by atoms with Crippen molar-refractivity contribution >= 4 is 21.6 Å². The summed E-state index contributed by atoms with van der Waals surface area (Å²) in [6.07, 6.45) is 3.30. The maximum absolute atomic E-state index is 11.9. The molecule has 0 aliphatic rings. The fourth-order valence-electron chi connectivity index (χ4n) is 1.36. The number of rotatable bonds is 7. The second-order valence-electron chi connectivity index (χ2n) is 3.83. The molecular weight excluding hydrogens is 274 g/mol. The van der Waals surface area contributed by atoms with E-state index in [0.29, 0.717) is 6.42 Å². The van der Waals surface area contributed by atoms with Gasteiger partial charge in [0.2, 0.25) is 0 Å². The van der Waals surface area contributed by atoms with Crippen LogP contribution in [-0.4, -0.2) is 24.9 Å². The number of unbranched alkanes of at least 4 members (excludes halogenated alkanes) is 2. The Morgan fingerprint density at radius 1 is 1.47 bits per heavy atom. The van der Waals surface area contributed by atoms with Crippen LogP contribution in [0.5, 0.6) is 0 Å². The number of pyridine rings is 1. The Morgan fingerprint density at radius 3 is 2.74 bits per heavy atom. The van der Waals surface area contributed by atoms with E-state index in [-0.39, 0.29) is 12.3 Å². The van der Waals surface area contributed by atoms with Crippen LogP contribution in [0.4, 0.5) is 11.5 Å². The SMILES string of the molecule is CCCCCOS(=O)(=O)c1cc(N)cnc1[N+](=O)[O-]. The number of nitrogen functional groups attached to an aromatic ring is 1. The van der Waals surface area contributed by atoms with Gasteiger partial charge in [0.05, 0.1) is 12.3 Å². The van der Waals surface area contributed by atoms with Crippen LogP contribution in [0.15, 0.2) is 17.2 Å². The zero-order chi connectivity index (χ0) is 14.5. The first kappa shape index (κ1) is 15.3. The van der Waals surface area contributed by atoms with E-state index in [1.165, 1.54) is 0 Å². The summed E-state index contributed by atoms with van der Waals surface area (Å²) < 4.78 is 28.4. The molecule has 19 heavy (non-hydrogen) atoms. The van der Waals surface area contributed by atoms with Gasteiger partial charge in [-0.3, -0.25) is 4.18 Å². The van der Waals surface area contributed by atoms with E-state index in [0.717, 1.165) is 25.1 Å². The number of nitro groups is 1. The highest BCUT2D eigenvalue weighted by Crippen LogP contribution is 2.24. The smallest absolute Gasteiger partial charge is 0.384 e. The van der Waals surface area contributed by atoms with E-state index >= 15 is 0 Å². The molecule has 2 N–H and O–H groups in total. The van der Waals surface area contributed by atoms with Crippen LogP contribution in [0.1, 0.15) is 26.2 Å². The molecule has 0 bridgehead atoms. The molecule has 0 saturated heterocycles. The third kappa shape index (κ3) is 4.14. The van der Waals surface area contributed by atoms with Crippen LogP contribution in [0.2, 0.25) is 0 Å². The van der Waals surface area contributed by atoms with Crippen molar-refractivity contribution in [3.63, 3.8) is 0 Å². The van der Waals surface area contributed by atoms with Crippen molar-refractivity contribution in [1.29, 1.82) is 0 Å². The Balaban J connectivity index is 3.00. The number of anilines is 1. The van der Waals surface area contributed by atoms with E-state index in [2.05, 4.69) is 4.98 Å². The topological polar surface area (TPSA) is 125 Å². The van der Waals surface area contributed by atoms with Gasteiger partial charge in [0.15, 0.2) is 11.1 Å². The first-order valence-corrected chi connectivity index (χ1v) is 7.08. The van der Waals surface area contributed by atoms with Gasteiger partial charge in [-0.2, -0.15) is 8.42 Å². The lowest BCUT2D eigenvalue weighted by Crippen LogP contribution is -2.11. The summed E-state index contributed by atoms with van der Waals surface area (Å²) in [5.41, 5.74) is 5.41. The number of nitrogens with zero attached hydrogens (tertiary/aromatic N) is 2. The Bertz CT molecular complexity index is 558. The minimum Gasteiger partial charge on any atom is -0.396 e. The largest absolute Gasteiger partial charge is 0.396 e. The zero-order valence-electron chi connectivity index (χ0n) is 10.4. The lowest BCUT2D eigenvalue weighted by molar-refractivity contribution is -0.392. The first-order valence-electron chi connectivity index (χ1n) is 5.68. The summed E-state index contributed by atoms with van der Waals surface area (Å²) in [4.78, 5) is 12.6. The summed E-state index contributed by atoms with van der Waals surface area (Å²) in [7, 11) is -4.22. The summed E-state index contributed by atoms with van der Waals surface area (Å²) >= 11 is 0. The maximum atomic E-state index is 11.9. The van der Waals surface area contributed by atoms with Crippen LogP contribution >= 0.6 is 0 Å². The summed E-state index contributed by atoms with van der Waals surface area (Å²) in [6, 6.07) is 0.973. The molecule has 0 fully saturated rings. The Hall–Kier alpha value is -1.74. The zero-order valence-corrected chi connectivity index (χ0v) is 11.2. The van der Waals surface area contributed by atoms with Crippen LogP contribution in [0.25, 0.3) is 0 Å². The monoisotopic (exact) mass is 289 g/mol. The van der Waals surface area contributed by atoms with Crippen LogP contribution in [-0.2, 0) is 14.3 Å². The summed E-state index contributed by atoms with van der Waals surface area (Å²) in [6.45, 7) is 1.93. The van der Waals surface area contributed by atoms with Crippen molar-refractivity contribution in [2.75, 3.05) is 12.3 Å². The Kier molecular flexibility index (Phi) is 5.19. The maximum Gasteiger partial charge on any atom is 0.384 e. The molecular formula is C10H15N3O5S. The molecule has 1 aromatic rings. The molecule has 0 aliphatic heterocycles. The quantitative estimate of drug-likeness (QED) is 0.348. The first-order chi connectivity index (χ1) is 8.88. The van der Waals surface area contributed by atoms with Crippen molar-refractivity contribution in [2.24, 2.45) is 0 Å². The van der Waals surface area contributed by atoms with Gasteiger partial charge in [0, 0.05) is 0 Å². The minimum atomic E-state index is -4.22. The molecule has 0 spiro atoms. The molecule has 9 heteroatoms. The molecule has 1 heterocycles. The Morgan fingerprint density at radius 2 is 2.16 bits per heavy atom. The fourth-order valence-corrected chi connectivity index (χ4v) is 2.45. The van der Waals surface area contributed by atoms with E-state index in [4.69, 9.17) is 9.92 Å². The fraction of sp³-hybridized carbons (Fsp3) is 0.500. The summed E-state index contributed by atoms with van der Waals surface area (Å²) in [5, 5.41) is 10.7. The molecule has 0 unspecified atom stereocenters. The highest BCUT2D eigenvalue weighted by atomic mass is 32.2. The lowest BCUT2D eigenvalue weighted by Gasteiger charge is -2.06. The predicted octanol–water partition coefficient (Wildman–Crippen LogP) is 1.47. The third-order valence-corrected chi connectivity index (χ3v) is 3.60. The standard InChI is InChI=1S/C10H15N3O5S/c1-2-3-4-5-18-19(16,17)9-6-8(11)7-12-10(9)13(14)15/h6-7H,2-5,11H2,1H3. The predicted molar refractivity (Wildman–Crippen MR) is 68.0 cm³/mol. The second kappa shape index (κ2) is 6.43. The normalized spacial score (nSPS) is 11.4. The highest BCUT2D eigenvalue weighted by molar-refractivity contribution is 7.87. The highest BCUT2D eigenvalue weighted by Gasteiger charge is 2.28. The summed E-state index contributed by atoms with van der Waals surface area (Å²) in [5.74, 6) is -0.787. The lowest BCUT2D eigenvalue weighted by atomic mass is 10.3. The molecule has 8 nitrogen and oxygen atoms in total. The van der Waals surface area contributed by atoms with E-state index in [9.17, 15) is 18.5 Å². The molecule has 0 amide bonds. The molecule has 0 aromatic carbocycles. The van der Waals surface area contributed by atoms with Gasteiger partial charge in [0.1, 0.15) is 0 Å². The molecule has 0 aliphatic carbocycles. The minimum absolute atomic E-state index is 0.0151. The second-order valence-corrected chi connectivity index (χ2v) is 5.41. The third-order valence-electron chi connectivity index (χ3n) is 2.28. The number of aromatic nitrogens is 1. The molecule has 0 radical (unpaired) electrons. The molecule has 1 aromatic heterocycles.